The predicted octanol–water partition coefficient (Wildman–Crippen LogP) is 2.93. The number of carboxylic acids is 1. The van der Waals surface area contributed by atoms with Gasteiger partial charge in [0.05, 0.1) is 11.6 Å². The smallest absolute Gasteiger partial charge is 0.412 e. The van der Waals surface area contributed by atoms with Gasteiger partial charge in [0.25, 0.3) is 0 Å². The number of phenolic OH excluding ortho intramolecular Hbond substituents is 1. The molecule has 0 spiro atoms. The maximum atomic E-state index is 11.7. The minimum atomic E-state index is -1.10. The quantitative estimate of drug-likeness (QED) is 0.791. The van der Waals surface area contributed by atoms with Crippen molar-refractivity contribution < 1.29 is 24.5 Å². The minimum Gasteiger partial charge on any atom is -0.508 e. The van der Waals surface area contributed by atoms with E-state index in [1.54, 1.807) is 20.8 Å². The van der Waals surface area contributed by atoms with E-state index in [-0.39, 0.29) is 17.0 Å². The molecule has 0 aliphatic carbocycles. The first kappa shape index (κ1) is 15.8. The number of anilines is 1. The van der Waals surface area contributed by atoms with Gasteiger partial charge in [0.2, 0.25) is 0 Å². The lowest BCUT2D eigenvalue weighted by atomic mass is 9.98. The van der Waals surface area contributed by atoms with E-state index in [9.17, 15) is 14.7 Å². The summed E-state index contributed by atoms with van der Waals surface area (Å²) < 4.78 is 5.10. The largest absolute Gasteiger partial charge is 0.508 e. The van der Waals surface area contributed by atoms with Crippen molar-refractivity contribution in [3.05, 3.63) is 23.8 Å². The standard InChI is InChI=1S/C14H19NO5/c1-8(12(17)18)11-9(6-5-7-10(11)16)15-13(19)20-14(2,3)4/h5-8,16H,1-4H3,(H,15,19)(H,17,18). The molecule has 20 heavy (non-hydrogen) atoms. The van der Waals surface area contributed by atoms with Gasteiger partial charge in [0.1, 0.15) is 11.4 Å². The first-order valence-electron chi connectivity index (χ1n) is 6.16. The molecule has 3 N–H and O–H groups in total. The first-order chi connectivity index (χ1) is 9.11. The van der Waals surface area contributed by atoms with E-state index in [1.807, 2.05) is 0 Å². The fourth-order valence-corrected chi connectivity index (χ4v) is 1.65. The van der Waals surface area contributed by atoms with E-state index in [4.69, 9.17) is 9.84 Å². The Kier molecular flexibility index (Phi) is 4.60. The summed E-state index contributed by atoms with van der Waals surface area (Å²) in [6, 6.07) is 4.40. The van der Waals surface area contributed by atoms with Crippen LogP contribution in [0, 0.1) is 0 Å². The lowest BCUT2D eigenvalue weighted by Gasteiger charge is -2.21. The van der Waals surface area contributed by atoms with Gasteiger partial charge in [-0.2, -0.15) is 0 Å². The summed E-state index contributed by atoms with van der Waals surface area (Å²) in [5.74, 6) is -2.24. The molecule has 1 aromatic rings. The molecule has 0 bridgehead atoms. The zero-order valence-electron chi connectivity index (χ0n) is 11.9. The Balaban J connectivity index is 3.04. The zero-order chi connectivity index (χ0) is 15.5. The van der Waals surface area contributed by atoms with E-state index < -0.39 is 23.6 Å². The lowest BCUT2D eigenvalue weighted by Crippen LogP contribution is -2.27. The number of amides is 1. The molecule has 0 saturated heterocycles. The fourth-order valence-electron chi connectivity index (χ4n) is 1.65. The molecular formula is C14H19NO5. The average Bonchev–Trinajstić information content (AvgIpc) is 2.25. The topological polar surface area (TPSA) is 95.9 Å². The molecule has 0 aliphatic heterocycles. The molecule has 0 radical (unpaired) electrons. The van der Waals surface area contributed by atoms with E-state index in [2.05, 4.69) is 5.32 Å². The molecule has 0 aliphatic rings. The third kappa shape index (κ3) is 4.15. The summed E-state index contributed by atoms with van der Waals surface area (Å²) in [5, 5.41) is 21.3. The van der Waals surface area contributed by atoms with Gasteiger partial charge in [-0.15, -0.1) is 0 Å². The van der Waals surface area contributed by atoms with Gasteiger partial charge >= 0.3 is 12.1 Å². The van der Waals surface area contributed by atoms with Gasteiger partial charge < -0.3 is 14.9 Å². The number of aromatic hydroxyl groups is 1. The molecule has 0 saturated carbocycles. The highest BCUT2D eigenvalue weighted by atomic mass is 16.6. The van der Waals surface area contributed by atoms with Gasteiger partial charge in [0, 0.05) is 5.56 Å². The number of carbonyl (C=O) groups excluding carboxylic acids is 1. The molecular weight excluding hydrogens is 262 g/mol. The fraction of sp³-hybridized carbons (Fsp3) is 0.429. The number of aliphatic carboxylic acids is 1. The summed E-state index contributed by atoms with van der Waals surface area (Å²) in [6.07, 6.45) is -0.707. The van der Waals surface area contributed by atoms with Crippen molar-refractivity contribution in [2.24, 2.45) is 0 Å². The van der Waals surface area contributed by atoms with Crippen LogP contribution in [-0.4, -0.2) is 27.9 Å². The highest BCUT2D eigenvalue weighted by Crippen LogP contribution is 2.33. The predicted molar refractivity (Wildman–Crippen MR) is 74.0 cm³/mol. The summed E-state index contributed by atoms with van der Waals surface area (Å²) in [5.41, 5.74) is -0.306. The van der Waals surface area contributed by atoms with Gasteiger partial charge in [-0.3, -0.25) is 10.1 Å². The second-order valence-corrected chi connectivity index (χ2v) is 5.43. The van der Waals surface area contributed by atoms with Crippen LogP contribution in [0.1, 0.15) is 39.2 Å². The molecule has 1 atom stereocenters. The second-order valence-electron chi connectivity index (χ2n) is 5.43. The Labute approximate surface area is 117 Å². The molecule has 1 amide bonds. The molecule has 6 heteroatoms. The van der Waals surface area contributed by atoms with Gasteiger partial charge in [-0.25, -0.2) is 4.79 Å². The second kappa shape index (κ2) is 5.81. The Morgan fingerprint density at radius 2 is 1.90 bits per heavy atom. The van der Waals surface area contributed by atoms with Crippen LogP contribution in [0.4, 0.5) is 10.5 Å². The zero-order valence-corrected chi connectivity index (χ0v) is 11.9. The van der Waals surface area contributed by atoms with Crippen molar-refractivity contribution in [1.29, 1.82) is 0 Å². The summed E-state index contributed by atoms with van der Waals surface area (Å²) >= 11 is 0. The SMILES string of the molecule is CC(C(=O)O)c1c(O)cccc1NC(=O)OC(C)(C)C. The maximum Gasteiger partial charge on any atom is 0.412 e. The molecule has 110 valence electrons. The molecule has 0 fully saturated rings. The van der Waals surface area contributed by atoms with Crippen LogP contribution in [0.3, 0.4) is 0 Å². The molecule has 0 heterocycles. The van der Waals surface area contributed by atoms with Crippen molar-refractivity contribution in [2.45, 2.75) is 39.2 Å². The normalized spacial score (nSPS) is 12.6. The average molecular weight is 281 g/mol. The highest BCUT2D eigenvalue weighted by Gasteiger charge is 2.23. The minimum absolute atomic E-state index is 0.144. The van der Waals surface area contributed by atoms with Crippen LogP contribution in [-0.2, 0) is 9.53 Å². The Hall–Kier alpha value is -2.24. The Bertz CT molecular complexity index is 519. The molecule has 1 aromatic carbocycles. The van der Waals surface area contributed by atoms with Crippen molar-refractivity contribution in [3.8, 4) is 5.75 Å². The third-order valence-corrected chi connectivity index (χ3v) is 2.52. The van der Waals surface area contributed by atoms with Gasteiger partial charge in [-0.05, 0) is 39.8 Å². The van der Waals surface area contributed by atoms with Crippen LogP contribution in [0.25, 0.3) is 0 Å². The van der Waals surface area contributed by atoms with Crippen molar-refractivity contribution >= 4 is 17.7 Å². The number of benzene rings is 1. The number of rotatable bonds is 3. The monoisotopic (exact) mass is 281 g/mol. The number of hydrogen-bond donors (Lipinski definition) is 3. The van der Waals surface area contributed by atoms with Crippen LogP contribution in [0.15, 0.2) is 18.2 Å². The van der Waals surface area contributed by atoms with E-state index in [0.29, 0.717) is 0 Å². The summed E-state index contributed by atoms with van der Waals surface area (Å²) in [4.78, 5) is 22.8. The molecule has 1 unspecified atom stereocenters. The number of phenols is 1. The Morgan fingerprint density at radius 3 is 2.40 bits per heavy atom. The highest BCUT2D eigenvalue weighted by molar-refractivity contribution is 5.89. The van der Waals surface area contributed by atoms with Crippen LogP contribution in [0.5, 0.6) is 5.75 Å². The van der Waals surface area contributed by atoms with Crippen LogP contribution < -0.4 is 5.32 Å². The van der Waals surface area contributed by atoms with Gasteiger partial charge in [-0.1, -0.05) is 6.07 Å². The van der Waals surface area contributed by atoms with Gasteiger partial charge in [0.15, 0.2) is 0 Å². The number of ether oxygens (including phenoxy) is 1. The van der Waals surface area contributed by atoms with Crippen molar-refractivity contribution in [2.75, 3.05) is 5.32 Å². The van der Waals surface area contributed by atoms with E-state index in [0.717, 1.165) is 0 Å². The number of carboxylic acid groups (broad SMARTS) is 1. The lowest BCUT2D eigenvalue weighted by molar-refractivity contribution is -0.138. The van der Waals surface area contributed by atoms with Crippen LogP contribution in [0.2, 0.25) is 0 Å². The van der Waals surface area contributed by atoms with Crippen molar-refractivity contribution in [3.63, 3.8) is 0 Å². The third-order valence-electron chi connectivity index (χ3n) is 2.52. The Morgan fingerprint density at radius 1 is 1.30 bits per heavy atom. The summed E-state index contributed by atoms with van der Waals surface area (Å²) in [6.45, 7) is 6.58. The molecule has 6 nitrogen and oxygen atoms in total. The van der Waals surface area contributed by atoms with E-state index in [1.165, 1.54) is 25.1 Å². The molecule has 1 rings (SSSR count). The summed E-state index contributed by atoms with van der Waals surface area (Å²) in [7, 11) is 0. The van der Waals surface area contributed by atoms with E-state index >= 15 is 0 Å². The van der Waals surface area contributed by atoms with Crippen LogP contribution >= 0.6 is 0 Å². The number of carbonyl (C=O) groups is 2. The first-order valence-corrected chi connectivity index (χ1v) is 6.16. The number of hydrogen-bond acceptors (Lipinski definition) is 4. The van der Waals surface area contributed by atoms with Crippen molar-refractivity contribution in [1.82, 2.24) is 0 Å². The number of nitrogens with one attached hydrogen (secondary N) is 1. The molecule has 0 aromatic heterocycles. The maximum absolute atomic E-state index is 11.7.